The van der Waals surface area contributed by atoms with E-state index in [1.165, 1.54) is 10.6 Å². The standard InChI is InChI=1S/C15H14F3N5O2S/c1-7-9(8(2)23-11(20-7)4-13(25)22-23)3-12(24)19-5-14-21-10(6-26-14)15(16,17)18/h4,6H,3,5H2,1-2H3,(H,19,24)(H,22,25). The number of carbonyl (C=O) groups excluding carboxylic acids is 1. The fourth-order valence-corrected chi connectivity index (χ4v) is 3.27. The highest BCUT2D eigenvalue weighted by molar-refractivity contribution is 7.09. The topological polar surface area (TPSA) is 92.1 Å². The lowest BCUT2D eigenvalue weighted by Crippen LogP contribution is -2.26. The van der Waals surface area contributed by atoms with Gasteiger partial charge in [-0.3, -0.25) is 14.7 Å². The zero-order chi connectivity index (χ0) is 19.1. The van der Waals surface area contributed by atoms with Gasteiger partial charge in [0.1, 0.15) is 5.01 Å². The average Bonchev–Trinajstić information content (AvgIpc) is 3.15. The van der Waals surface area contributed by atoms with E-state index in [1.807, 2.05) is 0 Å². The minimum atomic E-state index is -4.50. The Morgan fingerprint density at radius 3 is 2.73 bits per heavy atom. The largest absolute Gasteiger partial charge is 0.434 e. The second-order valence-corrected chi connectivity index (χ2v) is 6.60. The number of H-pyrrole nitrogens is 1. The lowest BCUT2D eigenvalue weighted by Gasteiger charge is -2.11. The number of hydrogen-bond acceptors (Lipinski definition) is 5. The highest BCUT2D eigenvalue weighted by Gasteiger charge is 2.33. The molecule has 26 heavy (non-hydrogen) atoms. The number of halogens is 3. The molecule has 7 nitrogen and oxygen atoms in total. The van der Waals surface area contributed by atoms with Crippen molar-refractivity contribution in [3.05, 3.63) is 49.5 Å². The maximum absolute atomic E-state index is 12.5. The number of nitrogens with zero attached hydrogens (tertiary/aromatic N) is 3. The summed E-state index contributed by atoms with van der Waals surface area (Å²) in [5, 5.41) is 6.23. The fraction of sp³-hybridized carbons (Fsp3) is 0.333. The van der Waals surface area contributed by atoms with Gasteiger partial charge in [-0.2, -0.15) is 13.2 Å². The number of thiazole rings is 1. The number of aromatic nitrogens is 4. The van der Waals surface area contributed by atoms with Crippen LogP contribution in [0, 0.1) is 13.8 Å². The molecule has 0 aliphatic carbocycles. The van der Waals surface area contributed by atoms with E-state index in [9.17, 15) is 22.8 Å². The van der Waals surface area contributed by atoms with Crippen LogP contribution in [-0.2, 0) is 23.9 Å². The van der Waals surface area contributed by atoms with E-state index in [4.69, 9.17) is 0 Å². The number of amides is 1. The molecule has 3 rings (SSSR count). The minimum absolute atomic E-state index is 0.0156. The summed E-state index contributed by atoms with van der Waals surface area (Å²) in [6.07, 6.45) is -4.51. The Kier molecular flexibility index (Phi) is 4.57. The van der Waals surface area contributed by atoms with Crippen LogP contribution in [0.15, 0.2) is 16.2 Å². The van der Waals surface area contributed by atoms with Crippen molar-refractivity contribution in [1.29, 1.82) is 0 Å². The summed E-state index contributed by atoms with van der Waals surface area (Å²) in [5.41, 5.74) is 1.09. The first kappa shape index (κ1) is 18.1. The SMILES string of the molecule is Cc1nc2cc(=O)[nH]n2c(C)c1CC(=O)NCc1nc(C(F)(F)F)cs1. The molecule has 0 saturated carbocycles. The predicted molar refractivity (Wildman–Crippen MR) is 88.0 cm³/mol. The van der Waals surface area contributed by atoms with Crippen LogP contribution in [0.4, 0.5) is 13.2 Å². The van der Waals surface area contributed by atoms with Crippen LogP contribution in [0.1, 0.15) is 27.7 Å². The number of rotatable bonds is 4. The number of fused-ring (bicyclic) bond motifs is 1. The van der Waals surface area contributed by atoms with Gasteiger partial charge >= 0.3 is 6.18 Å². The third-order valence-corrected chi connectivity index (χ3v) is 4.67. The van der Waals surface area contributed by atoms with Crippen molar-refractivity contribution in [2.75, 3.05) is 0 Å². The summed E-state index contributed by atoms with van der Waals surface area (Å²) >= 11 is 0.834. The highest BCUT2D eigenvalue weighted by atomic mass is 32.1. The number of hydrogen-bond donors (Lipinski definition) is 2. The summed E-state index contributed by atoms with van der Waals surface area (Å²) in [6.45, 7) is 3.38. The summed E-state index contributed by atoms with van der Waals surface area (Å²) in [6, 6.07) is 1.35. The Labute approximate surface area is 148 Å². The van der Waals surface area contributed by atoms with Crippen molar-refractivity contribution >= 4 is 22.9 Å². The van der Waals surface area contributed by atoms with Crippen molar-refractivity contribution in [2.24, 2.45) is 0 Å². The Bertz CT molecular complexity index is 1030. The minimum Gasteiger partial charge on any atom is -0.349 e. The molecule has 0 saturated heterocycles. The van der Waals surface area contributed by atoms with Crippen LogP contribution < -0.4 is 10.9 Å². The van der Waals surface area contributed by atoms with Gasteiger partial charge in [0.2, 0.25) is 5.91 Å². The molecular weight excluding hydrogens is 371 g/mol. The Morgan fingerprint density at radius 2 is 2.08 bits per heavy atom. The van der Waals surface area contributed by atoms with E-state index in [-0.39, 0.29) is 29.4 Å². The number of nitrogens with one attached hydrogen (secondary N) is 2. The van der Waals surface area contributed by atoms with Crippen molar-refractivity contribution in [1.82, 2.24) is 24.9 Å². The van der Waals surface area contributed by atoms with Crippen LogP contribution in [-0.4, -0.2) is 25.5 Å². The number of alkyl halides is 3. The number of carbonyl (C=O) groups is 1. The molecule has 0 aliphatic rings. The smallest absolute Gasteiger partial charge is 0.349 e. The van der Waals surface area contributed by atoms with E-state index < -0.39 is 11.9 Å². The average molecular weight is 385 g/mol. The Hall–Kier alpha value is -2.69. The third kappa shape index (κ3) is 3.62. The summed E-state index contributed by atoms with van der Waals surface area (Å²) in [5.74, 6) is -0.379. The zero-order valence-electron chi connectivity index (χ0n) is 13.8. The van der Waals surface area contributed by atoms with Crippen LogP contribution >= 0.6 is 11.3 Å². The molecule has 11 heteroatoms. The number of aromatic amines is 1. The summed E-state index contributed by atoms with van der Waals surface area (Å²) in [7, 11) is 0. The molecule has 138 valence electrons. The molecule has 0 bridgehead atoms. The molecule has 0 atom stereocenters. The second kappa shape index (κ2) is 6.56. The first-order chi connectivity index (χ1) is 12.1. The lowest BCUT2D eigenvalue weighted by atomic mass is 10.1. The van der Waals surface area contributed by atoms with Crippen molar-refractivity contribution in [3.8, 4) is 0 Å². The van der Waals surface area contributed by atoms with E-state index in [0.29, 0.717) is 22.6 Å². The highest BCUT2D eigenvalue weighted by Crippen LogP contribution is 2.29. The molecule has 0 aliphatic heterocycles. The first-order valence-corrected chi connectivity index (χ1v) is 8.39. The van der Waals surface area contributed by atoms with E-state index in [0.717, 1.165) is 16.7 Å². The van der Waals surface area contributed by atoms with Crippen LogP contribution in [0.5, 0.6) is 0 Å². The summed E-state index contributed by atoms with van der Waals surface area (Å²) < 4.78 is 39.1. The molecule has 0 unspecified atom stereocenters. The Balaban J connectivity index is 1.71. The van der Waals surface area contributed by atoms with Gasteiger partial charge in [-0.15, -0.1) is 11.3 Å². The van der Waals surface area contributed by atoms with E-state index >= 15 is 0 Å². The first-order valence-electron chi connectivity index (χ1n) is 7.51. The van der Waals surface area contributed by atoms with E-state index in [2.05, 4.69) is 20.4 Å². The van der Waals surface area contributed by atoms with Gasteiger partial charge in [-0.05, 0) is 13.8 Å². The molecular formula is C15H14F3N5O2S. The van der Waals surface area contributed by atoms with E-state index in [1.54, 1.807) is 13.8 Å². The molecule has 3 heterocycles. The maximum Gasteiger partial charge on any atom is 0.434 e. The molecule has 0 fully saturated rings. The second-order valence-electron chi connectivity index (χ2n) is 5.65. The molecule has 3 aromatic heterocycles. The third-order valence-electron chi connectivity index (χ3n) is 3.82. The molecule has 0 spiro atoms. The monoisotopic (exact) mass is 385 g/mol. The molecule has 0 aromatic carbocycles. The van der Waals surface area contributed by atoms with Crippen molar-refractivity contribution < 1.29 is 18.0 Å². The van der Waals surface area contributed by atoms with Crippen molar-refractivity contribution in [3.63, 3.8) is 0 Å². The van der Waals surface area contributed by atoms with Crippen molar-refractivity contribution in [2.45, 2.75) is 33.0 Å². The van der Waals surface area contributed by atoms with Crippen LogP contribution in [0.3, 0.4) is 0 Å². The molecule has 1 amide bonds. The molecule has 2 N–H and O–H groups in total. The quantitative estimate of drug-likeness (QED) is 0.718. The van der Waals surface area contributed by atoms with Gasteiger partial charge < -0.3 is 5.32 Å². The van der Waals surface area contributed by atoms with Gasteiger partial charge in [0, 0.05) is 28.4 Å². The number of aryl methyl sites for hydroxylation is 2. The predicted octanol–water partition coefficient (Wildman–Crippen LogP) is 1.97. The van der Waals surface area contributed by atoms with Gasteiger partial charge in [0.25, 0.3) is 5.56 Å². The van der Waals surface area contributed by atoms with Gasteiger partial charge in [-0.1, -0.05) is 0 Å². The maximum atomic E-state index is 12.5. The summed E-state index contributed by atoms with van der Waals surface area (Å²) in [4.78, 5) is 31.3. The lowest BCUT2D eigenvalue weighted by molar-refractivity contribution is -0.140. The van der Waals surface area contributed by atoms with Crippen LogP contribution in [0.25, 0.3) is 5.65 Å². The molecule has 3 aromatic rings. The normalized spacial score (nSPS) is 11.9. The van der Waals surface area contributed by atoms with Crippen LogP contribution in [0.2, 0.25) is 0 Å². The van der Waals surface area contributed by atoms with Gasteiger partial charge in [0.15, 0.2) is 11.3 Å². The molecule has 0 radical (unpaired) electrons. The van der Waals surface area contributed by atoms with Gasteiger partial charge in [0.05, 0.1) is 13.0 Å². The fourth-order valence-electron chi connectivity index (χ4n) is 2.53. The zero-order valence-corrected chi connectivity index (χ0v) is 14.6. The van der Waals surface area contributed by atoms with Gasteiger partial charge in [-0.25, -0.2) is 14.5 Å². The Morgan fingerprint density at radius 1 is 1.35 bits per heavy atom.